The lowest BCUT2D eigenvalue weighted by atomic mass is 10.0. The molecule has 0 spiro atoms. The van der Waals surface area contributed by atoms with Crippen molar-refractivity contribution in [1.82, 2.24) is 10.2 Å². The number of benzene rings is 2. The average molecular weight is 345 g/mol. The van der Waals surface area contributed by atoms with Crippen molar-refractivity contribution in [2.45, 2.75) is 25.8 Å². The first-order valence-electron chi connectivity index (χ1n) is 8.30. The van der Waals surface area contributed by atoms with E-state index in [0.29, 0.717) is 5.02 Å². The summed E-state index contributed by atoms with van der Waals surface area (Å²) in [6.45, 7) is 2.96. The molecule has 0 fully saturated rings. The lowest BCUT2D eigenvalue weighted by Gasteiger charge is -2.22. The molecule has 0 radical (unpaired) electrons. The number of hydrogen-bond acceptors (Lipinski definition) is 2. The predicted molar refractivity (Wildman–Crippen MR) is 101 cm³/mol. The van der Waals surface area contributed by atoms with Crippen LogP contribution >= 0.6 is 11.6 Å². The number of nitrogens with one attached hydrogen (secondary N) is 1. The fraction of sp³-hybridized carbons (Fsp3) is 0.350. The Bertz CT molecular complexity index is 668. The van der Waals surface area contributed by atoms with E-state index >= 15 is 0 Å². The Balaban J connectivity index is 2.20. The minimum absolute atomic E-state index is 0.0221. The molecule has 0 aliphatic carbocycles. The van der Waals surface area contributed by atoms with E-state index in [0.717, 1.165) is 36.1 Å². The van der Waals surface area contributed by atoms with Gasteiger partial charge >= 0.3 is 0 Å². The first-order chi connectivity index (χ1) is 11.5. The fourth-order valence-electron chi connectivity index (χ4n) is 2.69. The Morgan fingerprint density at radius 1 is 1.12 bits per heavy atom. The lowest BCUT2D eigenvalue weighted by Crippen LogP contribution is -2.31. The van der Waals surface area contributed by atoms with Crippen LogP contribution in [0, 0.1) is 0 Å². The van der Waals surface area contributed by atoms with Crippen LogP contribution in [0.4, 0.5) is 0 Å². The Kier molecular flexibility index (Phi) is 6.83. The van der Waals surface area contributed by atoms with E-state index in [4.69, 9.17) is 11.6 Å². The van der Waals surface area contributed by atoms with Gasteiger partial charge in [-0.1, -0.05) is 48.9 Å². The van der Waals surface area contributed by atoms with Crippen molar-refractivity contribution >= 4 is 17.5 Å². The van der Waals surface area contributed by atoms with E-state index in [1.54, 1.807) is 0 Å². The quantitative estimate of drug-likeness (QED) is 0.811. The van der Waals surface area contributed by atoms with E-state index in [1.165, 1.54) is 0 Å². The summed E-state index contributed by atoms with van der Waals surface area (Å²) in [4.78, 5) is 14.9. The molecule has 4 heteroatoms. The molecule has 0 bridgehead atoms. The second-order valence-corrected chi connectivity index (χ2v) is 6.62. The van der Waals surface area contributed by atoms with E-state index in [2.05, 4.69) is 17.1 Å². The van der Waals surface area contributed by atoms with Gasteiger partial charge in [0.1, 0.15) is 0 Å². The second kappa shape index (κ2) is 8.86. The van der Waals surface area contributed by atoms with Crippen LogP contribution in [0.15, 0.2) is 48.5 Å². The van der Waals surface area contributed by atoms with Crippen molar-refractivity contribution in [3.05, 3.63) is 70.2 Å². The van der Waals surface area contributed by atoms with Gasteiger partial charge in [0.2, 0.25) is 0 Å². The van der Waals surface area contributed by atoms with E-state index in [1.807, 2.05) is 62.6 Å². The SMILES string of the molecule is CCc1ccccc1C(=O)N[C@@H](CCN(C)C)c1ccc(Cl)cc1. The standard InChI is InChI=1S/C20H25ClN2O/c1-4-15-7-5-6-8-18(15)20(24)22-19(13-14-23(2)3)16-9-11-17(21)12-10-16/h5-12,19H,4,13-14H2,1-3H3,(H,22,24)/t19-/m0/s1. The maximum atomic E-state index is 12.8. The van der Waals surface area contributed by atoms with Gasteiger partial charge in [0.05, 0.1) is 6.04 Å². The van der Waals surface area contributed by atoms with Gasteiger partial charge in [-0.3, -0.25) is 4.79 Å². The summed E-state index contributed by atoms with van der Waals surface area (Å²) in [6, 6.07) is 15.4. The molecule has 1 atom stereocenters. The van der Waals surface area contributed by atoms with Gasteiger partial charge in [-0.05, 0) is 62.8 Å². The summed E-state index contributed by atoms with van der Waals surface area (Å²) in [5.41, 5.74) is 2.89. The van der Waals surface area contributed by atoms with Crippen LogP contribution in [0.1, 0.15) is 40.9 Å². The van der Waals surface area contributed by atoms with E-state index < -0.39 is 0 Å². The minimum atomic E-state index is -0.0397. The van der Waals surface area contributed by atoms with Crippen LogP contribution < -0.4 is 5.32 Å². The van der Waals surface area contributed by atoms with Crippen molar-refractivity contribution in [1.29, 1.82) is 0 Å². The summed E-state index contributed by atoms with van der Waals surface area (Å²) >= 11 is 5.99. The van der Waals surface area contributed by atoms with Gasteiger partial charge in [0, 0.05) is 10.6 Å². The Morgan fingerprint density at radius 2 is 1.79 bits per heavy atom. The number of nitrogens with zero attached hydrogens (tertiary/aromatic N) is 1. The number of amides is 1. The zero-order valence-corrected chi connectivity index (χ0v) is 15.3. The van der Waals surface area contributed by atoms with E-state index in [-0.39, 0.29) is 11.9 Å². The molecule has 0 aliphatic rings. The van der Waals surface area contributed by atoms with Crippen molar-refractivity contribution in [3.63, 3.8) is 0 Å². The highest BCUT2D eigenvalue weighted by Gasteiger charge is 2.17. The maximum Gasteiger partial charge on any atom is 0.252 e. The Labute approximate surface area is 149 Å². The lowest BCUT2D eigenvalue weighted by molar-refractivity contribution is 0.0932. The molecule has 128 valence electrons. The van der Waals surface area contributed by atoms with Gasteiger partial charge in [-0.15, -0.1) is 0 Å². The van der Waals surface area contributed by atoms with Crippen LogP contribution in [0.25, 0.3) is 0 Å². The monoisotopic (exact) mass is 344 g/mol. The molecular weight excluding hydrogens is 320 g/mol. The molecule has 0 unspecified atom stereocenters. The first-order valence-corrected chi connectivity index (χ1v) is 8.68. The largest absolute Gasteiger partial charge is 0.345 e. The molecule has 2 aromatic rings. The third-order valence-electron chi connectivity index (χ3n) is 4.09. The molecule has 2 rings (SSSR count). The summed E-state index contributed by atoms with van der Waals surface area (Å²) in [7, 11) is 4.07. The van der Waals surface area contributed by atoms with Crippen molar-refractivity contribution in [2.75, 3.05) is 20.6 Å². The van der Waals surface area contributed by atoms with Gasteiger partial charge in [0.25, 0.3) is 5.91 Å². The van der Waals surface area contributed by atoms with Crippen LogP contribution in [0.5, 0.6) is 0 Å². The minimum Gasteiger partial charge on any atom is -0.345 e. The third-order valence-corrected chi connectivity index (χ3v) is 4.34. The van der Waals surface area contributed by atoms with Gasteiger partial charge in [-0.25, -0.2) is 0 Å². The fourth-order valence-corrected chi connectivity index (χ4v) is 2.82. The highest BCUT2D eigenvalue weighted by Crippen LogP contribution is 2.21. The number of halogens is 1. The van der Waals surface area contributed by atoms with E-state index in [9.17, 15) is 4.79 Å². The third kappa shape index (κ3) is 5.08. The smallest absolute Gasteiger partial charge is 0.252 e. The molecule has 1 amide bonds. The highest BCUT2D eigenvalue weighted by atomic mass is 35.5. The Hall–Kier alpha value is -1.84. The second-order valence-electron chi connectivity index (χ2n) is 6.18. The number of carbonyl (C=O) groups excluding carboxylic acids is 1. The number of rotatable bonds is 7. The van der Waals surface area contributed by atoms with Crippen LogP contribution in [0.3, 0.4) is 0 Å². The predicted octanol–water partition coefficient (Wildman–Crippen LogP) is 4.33. The molecule has 0 aromatic heterocycles. The topological polar surface area (TPSA) is 32.3 Å². The molecule has 0 saturated carbocycles. The summed E-state index contributed by atoms with van der Waals surface area (Å²) < 4.78 is 0. The Morgan fingerprint density at radius 3 is 2.42 bits per heavy atom. The molecule has 0 saturated heterocycles. The van der Waals surface area contributed by atoms with Gasteiger partial charge < -0.3 is 10.2 Å². The maximum absolute atomic E-state index is 12.8. The van der Waals surface area contributed by atoms with Crippen molar-refractivity contribution < 1.29 is 4.79 Å². The zero-order chi connectivity index (χ0) is 17.5. The van der Waals surface area contributed by atoms with Crippen molar-refractivity contribution in [3.8, 4) is 0 Å². The summed E-state index contributed by atoms with van der Waals surface area (Å²) in [5.74, 6) is -0.0221. The number of aryl methyl sites for hydroxylation is 1. The number of hydrogen-bond donors (Lipinski definition) is 1. The molecule has 3 nitrogen and oxygen atoms in total. The molecule has 0 heterocycles. The molecule has 24 heavy (non-hydrogen) atoms. The molecule has 1 N–H and O–H groups in total. The van der Waals surface area contributed by atoms with Crippen molar-refractivity contribution in [2.24, 2.45) is 0 Å². The summed E-state index contributed by atoms with van der Waals surface area (Å²) in [6.07, 6.45) is 1.68. The van der Waals surface area contributed by atoms with Gasteiger partial charge in [-0.2, -0.15) is 0 Å². The van der Waals surface area contributed by atoms with Crippen LogP contribution in [0.2, 0.25) is 5.02 Å². The number of carbonyl (C=O) groups is 1. The zero-order valence-electron chi connectivity index (χ0n) is 14.6. The molecular formula is C20H25ClN2O. The molecule has 0 aliphatic heterocycles. The normalized spacial score (nSPS) is 12.2. The highest BCUT2D eigenvalue weighted by molar-refractivity contribution is 6.30. The van der Waals surface area contributed by atoms with Crippen LogP contribution in [-0.4, -0.2) is 31.4 Å². The van der Waals surface area contributed by atoms with Crippen LogP contribution in [-0.2, 0) is 6.42 Å². The average Bonchev–Trinajstić information content (AvgIpc) is 2.59. The van der Waals surface area contributed by atoms with Gasteiger partial charge in [0.15, 0.2) is 0 Å². The first kappa shape index (κ1) is 18.5. The molecule has 2 aromatic carbocycles. The summed E-state index contributed by atoms with van der Waals surface area (Å²) in [5, 5.41) is 3.89.